The third-order valence-corrected chi connectivity index (χ3v) is 40.8. The highest BCUT2D eigenvalue weighted by Gasteiger charge is 2.76. The lowest BCUT2D eigenvalue weighted by atomic mass is 9.32. The van der Waals surface area contributed by atoms with Gasteiger partial charge in [-0.1, -0.05) is 131 Å². The zero-order valence-electron chi connectivity index (χ0n) is 71.3. The molecule has 0 heterocycles. The highest BCUT2D eigenvalue weighted by atomic mass is 16.5. The van der Waals surface area contributed by atoms with E-state index in [4.69, 9.17) is 14.2 Å². The topological polar surface area (TPSA) is 205 Å². The van der Waals surface area contributed by atoms with Crippen LogP contribution in [-0.2, 0) is 52.6 Å². The van der Waals surface area contributed by atoms with E-state index in [0.29, 0.717) is 120 Å². The fourth-order valence-corrected chi connectivity index (χ4v) is 34.7. The van der Waals surface area contributed by atoms with E-state index >= 15 is 0 Å². The summed E-state index contributed by atoms with van der Waals surface area (Å²) >= 11 is 0. The minimum Gasteiger partial charge on any atom is -0.478 e. The second kappa shape index (κ2) is 28.5. The van der Waals surface area contributed by atoms with Gasteiger partial charge in [0, 0.05) is 78.1 Å². The van der Waals surface area contributed by atoms with E-state index in [1.165, 1.54) is 65.7 Å². The number of ether oxygens (including phenoxy) is 3. The van der Waals surface area contributed by atoms with E-state index in [-0.39, 0.29) is 131 Å². The number of hydrogen-bond donors (Lipinski definition) is 2. The van der Waals surface area contributed by atoms with Crippen molar-refractivity contribution in [2.24, 2.45) is 170 Å². The maximum atomic E-state index is 13.0. The quantitative estimate of drug-likeness (QED) is 0.0614. The van der Waals surface area contributed by atoms with Crippen LogP contribution in [0.25, 0.3) is 0 Å². The number of carbonyl (C=O) groups is 8. The number of hydrogen-bond acceptors (Lipinski definition) is 12. The summed E-state index contributed by atoms with van der Waals surface area (Å²) in [6, 6.07) is 0. The lowest BCUT2D eigenvalue weighted by Crippen LogP contribution is -2.66. The number of aldehydes is 1. The molecule has 616 valence electrons. The molecule has 0 aromatic carbocycles. The van der Waals surface area contributed by atoms with Gasteiger partial charge >= 0.3 is 23.9 Å². The van der Waals surface area contributed by atoms with Gasteiger partial charge in [-0.15, -0.1) is 0 Å². The van der Waals surface area contributed by atoms with Crippen LogP contribution in [0.4, 0.5) is 0 Å². The van der Waals surface area contributed by atoms with Gasteiger partial charge in [0.15, 0.2) is 0 Å². The SMILES string of the molecule is C.C=C(C(=O)O)[C@@H]1CC[C@]2(COC(C)=O)CC[C@]3(C)[C@H](CC[C@@H]4[C@@]5(C)CCC(=O)C(C)(C)[C@@H]5CC[C@]43C)[C@@H]12.C=C(C=O)[C@@H]1CC[C@]2(COC(C)=O)CC[C@]3(C)[C@H](CC[C@@H]4[C@@]5(C)CCC(=O)C(C)(C)[C@@H]5CC[C@]43C)[C@@H]12.C=C(CO)[C@@H]1CC[C@]2(COC(C)=O)CC[C@]3(C)[C@H](CC[C@@H]4[C@@]5(C)CCC(=O)C(C)(C)[C@@H]5CC[C@]43C)[C@@H]12. The predicted molar refractivity (Wildman–Crippen MR) is 432 cm³/mol. The van der Waals surface area contributed by atoms with Crippen molar-refractivity contribution in [1.29, 1.82) is 0 Å². The zero-order valence-corrected chi connectivity index (χ0v) is 71.3. The molecule has 0 aliphatic heterocycles. The van der Waals surface area contributed by atoms with Gasteiger partial charge in [0.05, 0.1) is 26.4 Å². The van der Waals surface area contributed by atoms with E-state index in [0.717, 1.165) is 159 Å². The second-order valence-electron chi connectivity index (χ2n) is 44.7. The molecule has 15 fully saturated rings. The number of Topliss-reactive ketones (excluding diaryl/α,β-unsaturated/α-hetero) is 3. The number of aliphatic hydroxyl groups excluding tert-OH is 1. The Labute approximate surface area is 664 Å². The van der Waals surface area contributed by atoms with Gasteiger partial charge in [-0.2, -0.15) is 0 Å². The normalized spacial score (nSPS) is 48.4. The molecule has 15 aliphatic carbocycles. The third kappa shape index (κ3) is 12.1. The van der Waals surface area contributed by atoms with Crippen molar-refractivity contribution in [1.82, 2.24) is 0 Å². The molecule has 0 aromatic heterocycles. The maximum absolute atomic E-state index is 13.0. The van der Waals surface area contributed by atoms with Crippen molar-refractivity contribution < 1.29 is 62.8 Å². The van der Waals surface area contributed by atoms with Gasteiger partial charge in [0.25, 0.3) is 0 Å². The van der Waals surface area contributed by atoms with Gasteiger partial charge in [-0.3, -0.25) is 33.6 Å². The molecule has 27 atom stereocenters. The van der Waals surface area contributed by atoms with Gasteiger partial charge in [-0.25, -0.2) is 4.79 Å². The zero-order chi connectivity index (χ0) is 79.8. The molecule has 0 aromatic rings. The average Bonchev–Trinajstić information content (AvgIpc) is 0.992. The number of esters is 3. The number of allylic oxidation sites excluding steroid dienone is 1. The monoisotopic (exact) mass is 1520 g/mol. The first-order valence-electron chi connectivity index (χ1n) is 44.0. The van der Waals surface area contributed by atoms with Crippen molar-refractivity contribution in [3.63, 3.8) is 0 Å². The second-order valence-corrected chi connectivity index (χ2v) is 44.7. The predicted octanol–water partition coefficient (Wildman–Crippen LogP) is 21.2. The van der Waals surface area contributed by atoms with Gasteiger partial charge < -0.3 is 24.4 Å². The smallest absolute Gasteiger partial charge is 0.331 e. The van der Waals surface area contributed by atoms with Crippen molar-refractivity contribution in [3.8, 4) is 0 Å². The number of fused-ring (bicyclic) bond motifs is 21. The van der Waals surface area contributed by atoms with Gasteiger partial charge in [-0.05, 0) is 322 Å². The van der Waals surface area contributed by atoms with Crippen molar-refractivity contribution >= 4 is 47.5 Å². The summed E-state index contributed by atoms with van der Waals surface area (Å²) < 4.78 is 17.2. The molecule has 15 aliphatic rings. The van der Waals surface area contributed by atoms with Crippen molar-refractivity contribution in [3.05, 3.63) is 36.5 Å². The van der Waals surface area contributed by atoms with Crippen molar-refractivity contribution in [2.45, 2.75) is 325 Å². The Balaban J connectivity index is 0.000000153. The third-order valence-electron chi connectivity index (χ3n) is 40.8. The molecule has 0 radical (unpaired) electrons. The molecule has 13 heteroatoms. The Hall–Kier alpha value is -4.26. The molecular formula is C97H150O13. The molecule has 15 rings (SSSR count). The molecule has 13 nitrogen and oxygen atoms in total. The number of carboxylic acid groups (broad SMARTS) is 1. The summed E-state index contributed by atoms with van der Waals surface area (Å²) in [5.74, 6) is 5.88. The van der Waals surface area contributed by atoms with E-state index in [2.05, 4.69) is 124 Å². The van der Waals surface area contributed by atoms with Gasteiger partial charge in [0.1, 0.15) is 23.6 Å². The van der Waals surface area contributed by atoms with E-state index in [1.54, 1.807) is 0 Å². The van der Waals surface area contributed by atoms with Crippen LogP contribution in [-0.4, -0.2) is 84.2 Å². The Morgan fingerprint density at radius 1 is 0.382 bits per heavy atom. The fourth-order valence-electron chi connectivity index (χ4n) is 34.7. The molecule has 0 saturated heterocycles. The summed E-state index contributed by atoms with van der Waals surface area (Å²) in [6.45, 7) is 54.8. The number of rotatable bonds is 12. The van der Waals surface area contributed by atoms with Gasteiger partial charge in [0.2, 0.25) is 0 Å². The van der Waals surface area contributed by atoms with Crippen LogP contribution in [0.1, 0.15) is 325 Å². The molecule has 0 amide bonds. The molecule has 15 saturated carbocycles. The maximum Gasteiger partial charge on any atom is 0.331 e. The summed E-state index contributed by atoms with van der Waals surface area (Å²) in [4.78, 5) is 98.6. The minimum atomic E-state index is -0.886. The lowest BCUT2D eigenvalue weighted by Gasteiger charge is -2.72. The fraction of sp³-hybridized carbons (Fsp3) is 0.856. The number of carbonyl (C=O) groups excluding carboxylic acids is 7. The molecule has 0 spiro atoms. The van der Waals surface area contributed by atoms with E-state index in [9.17, 15) is 48.6 Å². The first-order valence-corrected chi connectivity index (χ1v) is 44.0. The first kappa shape index (κ1) is 85.1. The lowest BCUT2D eigenvalue weighted by molar-refractivity contribution is -0.237. The standard InChI is InChI=1S/C32H48O5.C32H50O4.C32H48O4.CH4/c1-19(27(35)36)21-10-15-32(18-37-20(2)33)17-16-30(6)22(26(21)32)8-9-24-29(5)13-12-25(34)28(3,4)23(29)11-14-31(24,30)7;2*1-20(18-33)22-10-15-32(19-36-21(2)34)17-16-30(6)23(27(22)32)8-9-25-29(5)13-12-26(35)28(3,4)24(29)11-14-31(25,30)7;/h21-24,26H,1,8-18H2,2-7H3,(H,35,36);22-25,27,33H,1,8-19H2,2-7H3;18,22-25,27H,1,8-17,19H2,2-7H3;1H4/t21-,22+,23-,24+,26+,29-,30+,31+,32+;2*22-,23+,24-,25+,27+,29-,30+,31+,32+;/m000./s1. The summed E-state index contributed by atoms with van der Waals surface area (Å²) in [7, 11) is 0. The highest BCUT2D eigenvalue weighted by molar-refractivity contribution is 5.87. The van der Waals surface area contributed by atoms with Crippen LogP contribution >= 0.6 is 0 Å². The van der Waals surface area contributed by atoms with Crippen LogP contribution in [0.3, 0.4) is 0 Å². The van der Waals surface area contributed by atoms with Crippen LogP contribution in [0.15, 0.2) is 36.5 Å². The van der Waals surface area contributed by atoms with Crippen LogP contribution in [0.5, 0.6) is 0 Å². The molecule has 0 unspecified atom stereocenters. The number of carboxylic acids is 1. The molecule has 2 N–H and O–H groups in total. The van der Waals surface area contributed by atoms with Crippen LogP contribution in [0, 0.1) is 170 Å². The average molecular weight is 1520 g/mol. The Morgan fingerprint density at radius 3 is 0.964 bits per heavy atom. The molecular weight excluding hydrogens is 1370 g/mol. The van der Waals surface area contributed by atoms with Crippen LogP contribution in [0.2, 0.25) is 0 Å². The Bertz CT molecular complexity index is 3710. The minimum absolute atomic E-state index is 0. The summed E-state index contributed by atoms with van der Waals surface area (Å²) in [5, 5.41) is 20.1. The summed E-state index contributed by atoms with van der Waals surface area (Å²) in [6.07, 6.45) is 32.6. The molecule has 0 bridgehead atoms. The first-order chi connectivity index (χ1) is 50.7. The van der Waals surface area contributed by atoms with E-state index < -0.39 is 5.97 Å². The Kier molecular flexibility index (Phi) is 22.1. The number of aliphatic hydroxyl groups is 1. The molecule has 110 heavy (non-hydrogen) atoms. The van der Waals surface area contributed by atoms with Crippen LogP contribution < -0.4 is 0 Å². The highest BCUT2D eigenvalue weighted by Crippen LogP contribution is 2.82. The number of ketones is 3. The summed E-state index contributed by atoms with van der Waals surface area (Å²) in [5.41, 5.74) is 2.82. The van der Waals surface area contributed by atoms with E-state index in [1.807, 2.05) is 0 Å². The largest absolute Gasteiger partial charge is 0.478 e. The Morgan fingerprint density at radius 2 is 0.673 bits per heavy atom. The van der Waals surface area contributed by atoms with Crippen molar-refractivity contribution in [2.75, 3.05) is 26.4 Å². The number of aliphatic carboxylic acids is 1.